The number of carboxylic acids is 1. The van der Waals surface area contributed by atoms with Crippen molar-refractivity contribution in [2.75, 3.05) is 0 Å². The highest BCUT2D eigenvalue weighted by Crippen LogP contribution is 2.75. The van der Waals surface area contributed by atoms with E-state index in [4.69, 9.17) is 0 Å². The summed E-state index contributed by atoms with van der Waals surface area (Å²) in [6.45, 7) is 16.6. The number of hydrogen-bond donors (Lipinski definition) is 2. The third-order valence-electron chi connectivity index (χ3n) is 12.9. The number of aliphatic carboxylic acids is 1. The van der Waals surface area contributed by atoms with Crippen LogP contribution in [-0.2, 0) is 4.79 Å². The zero-order valence-electron chi connectivity index (χ0n) is 22.1. The lowest BCUT2D eigenvalue weighted by Gasteiger charge is -2.70. The van der Waals surface area contributed by atoms with Crippen molar-refractivity contribution >= 4 is 5.97 Å². The predicted octanol–water partition coefficient (Wildman–Crippen LogP) is 7.15. The molecular formula is C30H46O3. The maximum Gasteiger partial charge on any atom is 0.310 e. The molecule has 0 bridgehead atoms. The highest BCUT2D eigenvalue weighted by molar-refractivity contribution is 5.78. The molecule has 0 heterocycles. The maximum absolute atomic E-state index is 12.8. The fraction of sp³-hybridized carbons (Fsp3) is 0.833. The smallest absolute Gasteiger partial charge is 0.310 e. The van der Waals surface area contributed by atoms with Gasteiger partial charge in [0.1, 0.15) is 0 Å². The van der Waals surface area contributed by atoms with Crippen molar-refractivity contribution in [1.29, 1.82) is 0 Å². The Balaban J connectivity index is 1.64. The second-order valence-electron chi connectivity index (χ2n) is 14.0. The van der Waals surface area contributed by atoms with Crippen molar-refractivity contribution in [3.8, 4) is 0 Å². The van der Waals surface area contributed by atoms with E-state index in [0.29, 0.717) is 11.8 Å². The van der Waals surface area contributed by atoms with Crippen molar-refractivity contribution in [2.45, 2.75) is 112 Å². The molecule has 33 heavy (non-hydrogen) atoms. The van der Waals surface area contributed by atoms with Crippen LogP contribution in [0, 0.1) is 44.8 Å². The first kappa shape index (κ1) is 23.6. The van der Waals surface area contributed by atoms with Crippen molar-refractivity contribution in [3.63, 3.8) is 0 Å². The van der Waals surface area contributed by atoms with Crippen molar-refractivity contribution in [3.05, 3.63) is 22.8 Å². The fourth-order valence-electron chi connectivity index (χ4n) is 10.4. The SMILES string of the molecule is CC1=C(C)[C@H]2C3=CC[C@@H]4[C@]5(C)CC[C@H](O)C(C)(C)[C@H]5CC[C@@]4(C)[C@]3(C)CC[C@]2(C(=O)O)CC1. The number of carboxylic acid groups (broad SMARTS) is 1. The van der Waals surface area contributed by atoms with Gasteiger partial charge < -0.3 is 10.2 Å². The topological polar surface area (TPSA) is 57.5 Å². The summed E-state index contributed by atoms with van der Waals surface area (Å²) < 4.78 is 0. The van der Waals surface area contributed by atoms with Gasteiger partial charge in [-0.15, -0.1) is 0 Å². The number of fused-ring (bicyclic) bond motifs is 7. The zero-order valence-corrected chi connectivity index (χ0v) is 22.1. The van der Waals surface area contributed by atoms with Crippen LogP contribution < -0.4 is 0 Å². The Morgan fingerprint density at radius 2 is 1.64 bits per heavy atom. The molecule has 5 aliphatic rings. The Labute approximate surface area is 201 Å². The summed E-state index contributed by atoms with van der Waals surface area (Å²) in [4.78, 5) is 12.8. The van der Waals surface area contributed by atoms with E-state index < -0.39 is 11.4 Å². The van der Waals surface area contributed by atoms with Gasteiger partial charge in [-0.1, -0.05) is 57.4 Å². The standard InChI is InChI=1S/C30H46O3/c1-18-10-15-30(25(32)33)17-16-28(6)20(24(30)19(18)2)8-9-22-27(5)13-12-23(31)26(3,4)21(27)11-14-29(22,28)7/h8,21-24,31H,9-17H2,1-7H3,(H,32,33)/t21-,22-,23+,24+,27-,28-,29-,30-/m1/s1. The number of allylic oxidation sites excluding steroid dienone is 4. The summed E-state index contributed by atoms with van der Waals surface area (Å²) >= 11 is 0. The van der Waals surface area contributed by atoms with Gasteiger partial charge in [0.2, 0.25) is 0 Å². The van der Waals surface area contributed by atoms with Gasteiger partial charge in [-0.25, -0.2) is 0 Å². The monoisotopic (exact) mass is 454 g/mol. The molecule has 0 spiro atoms. The zero-order chi connectivity index (χ0) is 24.2. The summed E-state index contributed by atoms with van der Waals surface area (Å²) in [5, 5.41) is 21.4. The number of aliphatic hydroxyl groups excluding tert-OH is 1. The van der Waals surface area contributed by atoms with Crippen molar-refractivity contribution in [2.24, 2.45) is 44.8 Å². The van der Waals surface area contributed by atoms with Gasteiger partial charge in [-0.2, -0.15) is 0 Å². The number of aliphatic hydroxyl groups is 1. The van der Waals surface area contributed by atoms with Gasteiger partial charge in [0.05, 0.1) is 11.5 Å². The highest BCUT2D eigenvalue weighted by Gasteiger charge is 2.68. The van der Waals surface area contributed by atoms with E-state index in [0.717, 1.165) is 44.9 Å². The van der Waals surface area contributed by atoms with E-state index in [1.54, 1.807) is 0 Å². The molecule has 3 saturated carbocycles. The highest BCUT2D eigenvalue weighted by atomic mass is 16.4. The Bertz CT molecular complexity index is 942. The first-order valence-electron chi connectivity index (χ1n) is 13.5. The lowest BCUT2D eigenvalue weighted by Crippen LogP contribution is -2.64. The van der Waals surface area contributed by atoms with Gasteiger partial charge in [0, 0.05) is 5.92 Å². The first-order valence-corrected chi connectivity index (χ1v) is 13.5. The molecule has 0 unspecified atom stereocenters. The van der Waals surface area contributed by atoms with Gasteiger partial charge in [-0.3, -0.25) is 4.79 Å². The van der Waals surface area contributed by atoms with Crippen LogP contribution in [0.4, 0.5) is 0 Å². The minimum absolute atomic E-state index is 0.0376. The Morgan fingerprint density at radius 1 is 0.939 bits per heavy atom. The van der Waals surface area contributed by atoms with E-state index in [9.17, 15) is 15.0 Å². The minimum Gasteiger partial charge on any atom is -0.481 e. The largest absolute Gasteiger partial charge is 0.481 e. The van der Waals surface area contributed by atoms with Crippen molar-refractivity contribution in [1.82, 2.24) is 0 Å². The molecule has 3 heteroatoms. The molecule has 0 aromatic carbocycles. The normalized spacial score (nSPS) is 51.0. The summed E-state index contributed by atoms with van der Waals surface area (Å²) in [7, 11) is 0. The Kier molecular flexibility index (Phi) is 5.01. The lowest BCUT2D eigenvalue weighted by molar-refractivity contribution is -0.202. The molecule has 5 rings (SSSR count). The van der Waals surface area contributed by atoms with Crippen LogP contribution >= 0.6 is 0 Å². The van der Waals surface area contributed by atoms with Gasteiger partial charge >= 0.3 is 5.97 Å². The van der Waals surface area contributed by atoms with Crippen LogP contribution in [0.15, 0.2) is 22.8 Å². The summed E-state index contributed by atoms with van der Waals surface area (Å²) in [5.41, 5.74) is 4.01. The molecular weight excluding hydrogens is 408 g/mol. The van der Waals surface area contributed by atoms with Crippen LogP contribution in [0.5, 0.6) is 0 Å². The molecule has 2 N–H and O–H groups in total. The second kappa shape index (κ2) is 6.99. The van der Waals surface area contributed by atoms with Crippen LogP contribution in [-0.4, -0.2) is 22.3 Å². The van der Waals surface area contributed by atoms with Crippen LogP contribution in [0.3, 0.4) is 0 Å². The molecule has 3 fully saturated rings. The lowest BCUT2D eigenvalue weighted by atomic mass is 9.34. The quantitative estimate of drug-likeness (QED) is 0.413. The molecule has 8 atom stereocenters. The number of carbonyl (C=O) groups is 1. The molecule has 0 aromatic rings. The third kappa shape index (κ3) is 2.69. The molecule has 184 valence electrons. The average Bonchev–Trinajstić information content (AvgIpc) is 2.74. The van der Waals surface area contributed by atoms with E-state index in [1.165, 1.54) is 29.6 Å². The first-order chi connectivity index (χ1) is 15.3. The molecule has 0 radical (unpaired) electrons. The molecule has 0 aromatic heterocycles. The Morgan fingerprint density at radius 3 is 2.30 bits per heavy atom. The van der Waals surface area contributed by atoms with E-state index in [2.05, 4.69) is 54.5 Å². The maximum atomic E-state index is 12.8. The minimum atomic E-state index is -0.615. The average molecular weight is 455 g/mol. The van der Waals surface area contributed by atoms with Crippen LogP contribution in [0.1, 0.15) is 106 Å². The third-order valence-corrected chi connectivity index (χ3v) is 12.9. The molecule has 5 aliphatic carbocycles. The van der Waals surface area contributed by atoms with E-state index >= 15 is 0 Å². The number of hydrogen-bond acceptors (Lipinski definition) is 2. The van der Waals surface area contributed by atoms with Crippen molar-refractivity contribution < 1.29 is 15.0 Å². The summed E-state index contributed by atoms with van der Waals surface area (Å²) in [6.07, 6.45) is 11.3. The van der Waals surface area contributed by atoms with Crippen LogP contribution in [0.25, 0.3) is 0 Å². The molecule has 3 nitrogen and oxygen atoms in total. The van der Waals surface area contributed by atoms with Gasteiger partial charge in [0.15, 0.2) is 0 Å². The molecule has 0 aliphatic heterocycles. The van der Waals surface area contributed by atoms with Gasteiger partial charge in [0.25, 0.3) is 0 Å². The van der Waals surface area contributed by atoms with E-state index in [1.807, 2.05) is 0 Å². The fourth-order valence-corrected chi connectivity index (χ4v) is 10.4. The Hall–Kier alpha value is -1.09. The summed E-state index contributed by atoms with van der Waals surface area (Å²) in [5.74, 6) is 0.630. The van der Waals surface area contributed by atoms with Crippen LogP contribution in [0.2, 0.25) is 0 Å². The second-order valence-corrected chi connectivity index (χ2v) is 14.0. The molecule has 0 amide bonds. The molecule has 0 saturated heterocycles. The summed E-state index contributed by atoms with van der Waals surface area (Å²) in [6, 6.07) is 0. The predicted molar refractivity (Wildman–Crippen MR) is 133 cm³/mol. The van der Waals surface area contributed by atoms with E-state index in [-0.39, 0.29) is 33.7 Å². The number of rotatable bonds is 1. The van der Waals surface area contributed by atoms with Gasteiger partial charge in [-0.05, 0) is 105 Å².